The number of aliphatic imine (C=N–C) groups is 1. The van der Waals surface area contributed by atoms with Gasteiger partial charge < -0.3 is 14.7 Å². The van der Waals surface area contributed by atoms with Crippen LogP contribution in [0.1, 0.15) is 45.2 Å². The third-order valence-corrected chi connectivity index (χ3v) is 6.56. The molecule has 3 aromatic rings. The molecule has 0 atom stereocenters. The van der Waals surface area contributed by atoms with Crippen molar-refractivity contribution in [1.29, 1.82) is 0 Å². The van der Waals surface area contributed by atoms with Crippen molar-refractivity contribution in [3.05, 3.63) is 70.8 Å². The van der Waals surface area contributed by atoms with Crippen LogP contribution in [0.25, 0.3) is 11.3 Å². The van der Waals surface area contributed by atoms with Gasteiger partial charge in [0.25, 0.3) is 0 Å². The maximum atomic E-state index is 13.7. The van der Waals surface area contributed by atoms with E-state index >= 15 is 0 Å². The molecular formula is C27H28N4O7S. The summed E-state index contributed by atoms with van der Waals surface area (Å²) in [5.41, 5.74) is 4.12. The third kappa shape index (κ3) is 5.95. The first-order valence-electron chi connectivity index (χ1n) is 12.0. The number of aromatic nitrogens is 1. The van der Waals surface area contributed by atoms with Gasteiger partial charge in [-0.15, -0.1) is 9.32 Å². The Kier molecular flexibility index (Phi) is 8.94. The summed E-state index contributed by atoms with van der Waals surface area (Å²) < 4.78 is 10.9. The number of nitrogens with zero attached hydrogens (tertiary/aromatic N) is 3. The van der Waals surface area contributed by atoms with Gasteiger partial charge in [0.15, 0.2) is 5.78 Å². The fourth-order valence-corrected chi connectivity index (χ4v) is 4.66. The lowest BCUT2D eigenvalue weighted by molar-refractivity contribution is -0.244. The number of ketones is 1. The van der Waals surface area contributed by atoms with Gasteiger partial charge in [-0.05, 0) is 44.8 Å². The van der Waals surface area contributed by atoms with Crippen LogP contribution in [0.5, 0.6) is 5.88 Å². The number of nitrogens with one attached hydrogen (secondary N) is 1. The summed E-state index contributed by atoms with van der Waals surface area (Å²) in [6, 6.07) is 13.4. The molecule has 1 aromatic heterocycles. The van der Waals surface area contributed by atoms with E-state index in [0.717, 1.165) is 29.6 Å². The molecule has 0 unspecified atom stereocenters. The summed E-state index contributed by atoms with van der Waals surface area (Å²) in [5, 5.41) is 11.2. The van der Waals surface area contributed by atoms with Crippen molar-refractivity contribution in [2.45, 2.75) is 18.2 Å². The first-order valence-corrected chi connectivity index (χ1v) is 12.8. The van der Waals surface area contributed by atoms with Crippen molar-refractivity contribution in [3.8, 4) is 17.1 Å². The lowest BCUT2D eigenvalue weighted by Crippen LogP contribution is -2.21. The fraction of sp³-hybridized carbons (Fsp3) is 0.259. The molecule has 0 fully saturated rings. The van der Waals surface area contributed by atoms with Crippen LogP contribution in [-0.2, 0) is 14.1 Å². The summed E-state index contributed by atoms with van der Waals surface area (Å²) in [6.45, 7) is 2.80. The molecule has 0 bridgehead atoms. The Morgan fingerprint density at radius 3 is 2.41 bits per heavy atom. The van der Waals surface area contributed by atoms with E-state index in [4.69, 9.17) is 14.1 Å². The third-order valence-electron chi connectivity index (χ3n) is 5.96. The van der Waals surface area contributed by atoms with Gasteiger partial charge >= 0.3 is 6.09 Å². The zero-order valence-electron chi connectivity index (χ0n) is 21.9. The summed E-state index contributed by atoms with van der Waals surface area (Å²) in [4.78, 5) is 50.3. The van der Waals surface area contributed by atoms with E-state index in [0.29, 0.717) is 22.6 Å². The van der Waals surface area contributed by atoms with Gasteiger partial charge in [0, 0.05) is 29.5 Å². The molecule has 4 rings (SSSR count). The molecule has 1 aliphatic rings. The molecular weight excluding hydrogens is 524 g/mol. The van der Waals surface area contributed by atoms with Crippen LogP contribution in [0.15, 0.2) is 58.4 Å². The number of benzene rings is 2. The maximum absolute atomic E-state index is 13.7. The van der Waals surface area contributed by atoms with Crippen molar-refractivity contribution < 1.29 is 33.5 Å². The Balaban J connectivity index is 1.67. The Labute approximate surface area is 229 Å². The lowest BCUT2D eigenvalue weighted by atomic mass is 9.83. The van der Waals surface area contributed by atoms with Gasteiger partial charge in [0.05, 0.1) is 41.7 Å². The van der Waals surface area contributed by atoms with E-state index in [-0.39, 0.29) is 28.1 Å². The number of hydroxylamine groups is 1. The van der Waals surface area contributed by atoms with Crippen molar-refractivity contribution in [2.24, 2.45) is 4.99 Å². The standard InChI is InChI=1S/C27H28N4O7S/c1-16(32)31-24(17-10-12-18(13-11-17)39-38-37-28-14-7-15-30(2)3)22-21(26(31)34)23(29-27(35)36-4)19-8-5-6-9-20(19)25(22)33/h5-6,8-13,28,34H,7,14-15H2,1-4H3. The molecule has 12 heteroatoms. The maximum Gasteiger partial charge on any atom is 0.433 e. The molecule has 2 aromatic carbocycles. The summed E-state index contributed by atoms with van der Waals surface area (Å²) >= 11 is 0.978. The van der Waals surface area contributed by atoms with Crippen molar-refractivity contribution in [2.75, 3.05) is 34.3 Å². The largest absolute Gasteiger partial charge is 0.494 e. The van der Waals surface area contributed by atoms with E-state index in [1.54, 1.807) is 48.5 Å². The number of carbonyl (C=O) groups is 3. The quantitative estimate of drug-likeness (QED) is 0.135. The Bertz CT molecular complexity index is 1430. The minimum atomic E-state index is -0.910. The molecule has 2 N–H and O–H groups in total. The Morgan fingerprint density at radius 2 is 1.77 bits per heavy atom. The number of rotatable bonds is 9. The Morgan fingerprint density at radius 1 is 1.08 bits per heavy atom. The number of hydrogen-bond acceptors (Lipinski definition) is 10. The summed E-state index contributed by atoms with van der Waals surface area (Å²) in [5.74, 6) is -1.43. The van der Waals surface area contributed by atoms with Gasteiger partial charge in [-0.2, -0.15) is 10.5 Å². The van der Waals surface area contributed by atoms with Crippen molar-refractivity contribution in [3.63, 3.8) is 0 Å². The predicted octanol–water partition coefficient (Wildman–Crippen LogP) is 4.08. The summed E-state index contributed by atoms with van der Waals surface area (Å²) in [6.07, 6.45) is -0.0230. The molecule has 1 amide bonds. The highest BCUT2D eigenvalue weighted by Gasteiger charge is 2.38. The van der Waals surface area contributed by atoms with Gasteiger partial charge in [-0.25, -0.2) is 9.36 Å². The number of aromatic hydroxyl groups is 1. The highest BCUT2D eigenvalue weighted by atomic mass is 32.2. The molecule has 11 nitrogen and oxygen atoms in total. The highest BCUT2D eigenvalue weighted by molar-refractivity contribution is 7.94. The number of ether oxygens (including phenoxy) is 1. The molecule has 204 valence electrons. The van der Waals surface area contributed by atoms with E-state index in [2.05, 4.69) is 15.4 Å². The minimum Gasteiger partial charge on any atom is -0.494 e. The van der Waals surface area contributed by atoms with Crippen LogP contribution in [0.4, 0.5) is 4.79 Å². The zero-order chi connectivity index (χ0) is 28.1. The predicted molar refractivity (Wildman–Crippen MR) is 145 cm³/mol. The highest BCUT2D eigenvalue weighted by Crippen LogP contribution is 2.42. The van der Waals surface area contributed by atoms with Gasteiger partial charge in [0.1, 0.15) is 0 Å². The molecule has 39 heavy (non-hydrogen) atoms. The topological polar surface area (TPSA) is 132 Å². The molecule has 1 heterocycles. The first-order chi connectivity index (χ1) is 18.7. The van der Waals surface area contributed by atoms with Crippen LogP contribution >= 0.6 is 12.0 Å². The molecule has 0 saturated heterocycles. The monoisotopic (exact) mass is 552 g/mol. The van der Waals surface area contributed by atoms with Gasteiger partial charge in [-0.3, -0.25) is 9.59 Å². The zero-order valence-corrected chi connectivity index (χ0v) is 22.7. The molecule has 1 aliphatic carbocycles. The number of carbonyl (C=O) groups excluding carboxylic acids is 3. The average molecular weight is 553 g/mol. The summed E-state index contributed by atoms with van der Waals surface area (Å²) in [7, 11) is 5.16. The first kappa shape index (κ1) is 28.2. The number of amides is 1. The average Bonchev–Trinajstić information content (AvgIpc) is 3.23. The molecule has 0 saturated carbocycles. The minimum absolute atomic E-state index is 0.00942. The second-order valence-electron chi connectivity index (χ2n) is 8.89. The van der Waals surface area contributed by atoms with E-state index in [1.165, 1.54) is 14.0 Å². The van der Waals surface area contributed by atoms with Gasteiger partial charge in [-0.1, -0.05) is 36.4 Å². The smallest absolute Gasteiger partial charge is 0.433 e. The van der Waals surface area contributed by atoms with Crippen molar-refractivity contribution >= 4 is 35.5 Å². The molecule has 0 radical (unpaired) electrons. The van der Waals surface area contributed by atoms with Crippen molar-refractivity contribution in [1.82, 2.24) is 14.9 Å². The lowest BCUT2D eigenvalue weighted by Gasteiger charge is -2.18. The van der Waals surface area contributed by atoms with E-state index in [1.807, 2.05) is 14.1 Å². The second kappa shape index (κ2) is 12.4. The SMILES string of the molecule is COC(=O)N=C1c2ccccc2C(=O)c2c1c(O)n(C(C)=O)c2-c1ccc(SOONCCCN(C)C)cc1. The van der Waals surface area contributed by atoms with Crippen LogP contribution in [0, 0.1) is 0 Å². The van der Waals surface area contributed by atoms with Crippen LogP contribution in [0.2, 0.25) is 0 Å². The normalized spacial score (nSPS) is 13.5. The van der Waals surface area contributed by atoms with Crippen LogP contribution in [-0.4, -0.2) is 72.4 Å². The number of methoxy groups -OCH3 is 1. The molecule has 0 aliphatic heterocycles. The fourth-order valence-electron chi connectivity index (χ4n) is 4.25. The van der Waals surface area contributed by atoms with Crippen LogP contribution < -0.4 is 5.48 Å². The number of hydrogen-bond donors (Lipinski definition) is 2. The van der Waals surface area contributed by atoms with E-state index in [9.17, 15) is 19.5 Å². The Hall–Kier alpha value is -3.81. The second-order valence-corrected chi connectivity index (χ2v) is 9.67. The van der Waals surface area contributed by atoms with E-state index < -0.39 is 23.7 Å². The number of fused-ring (bicyclic) bond motifs is 2. The molecule has 0 spiro atoms. The van der Waals surface area contributed by atoms with Crippen LogP contribution in [0.3, 0.4) is 0 Å². The van der Waals surface area contributed by atoms with Gasteiger partial charge in [0.2, 0.25) is 11.8 Å².